The fourth-order valence-electron chi connectivity index (χ4n) is 1.10. The molecule has 0 aromatic carbocycles. The summed E-state index contributed by atoms with van der Waals surface area (Å²) >= 11 is 0. The van der Waals surface area contributed by atoms with Crippen LogP contribution < -0.4 is 5.32 Å². The van der Waals surface area contributed by atoms with E-state index in [-0.39, 0.29) is 0 Å². The van der Waals surface area contributed by atoms with E-state index in [9.17, 15) is 0 Å². The van der Waals surface area contributed by atoms with Crippen LogP contribution in [0.5, 0.6) is 0 Å². The van der Waals surface area contributed by atoms with Gasteiger partial charge in [-0.3, -0.25) is 0 Å². The molecule has 1 N–H and O–H groups in total. The van der Waals surface area contributed by atoms with Gasteiger partial charge in [0.1, 0.15) is 11.5 Å². The maximum Gasteiger partial charge on any atom is 0.117 e. The lowest BCUT2D eigenvalue weighted by Gasteiger charge is -2.08. The highest BCUT2D eigenvalue weighted by Gasteiger charge is 2.01. The van der Waals surface area contributed by atoms with E-state index in [4.69, 9.17) is 10.8 Å². The molecule has 0 aliphatic heterocycles. The van der Waals surface area contributed by atoms with Crippen molar-refractivity contribution in [2.45, 2.75) is 32.9 Å². The molecule has 0 saturated carbocycles. The van der Waals surface area contributed by atoms with Crippen LogP contribution >= 0.6 is 0 Å². The van der Waals surface area contributed by atoms with Crippen molar-refractivity contribution in [3.8, 4) is 12.3 Å². The number of rotatable bonds is 4. The van der Waals surface area contributed by atoms with Gasteiger partial charge < -0.3 is 9.73 Å². The van der Waals surface area contributed by atoms with Crippen molar-refractivity contribution < 1.29 is 4.42 Å². The molecular weight excluding hydrogens is 162 g/mol. The van der Waals surface area contributed by atoms with E-state index in [1.54, 1.807) is 0 Å². The molecule has 13 heavy (non-hydrogen) atoms. The number of nitrogens with one attached hydrogen (secondary N) is 1. The Morgan fingerprint density at radius 1 is 1.62 bits per heavy atom. The summed E-state index contributed by atoms with van der Waals surface area (Å²) in [7, 11) is 0. The third-order valence-electron chi connectivity index (χ3n) is 1.84. The van der Waals surface area contributed by atoms with Crippen molar-refractivity contribution in [2.24, 2.45) is 0 Å². The molecule has 1 unspecified atom stereocenters. The van der Waals surface area contributed by atoms with Crippen LogP contribution in [0.2, 0.25) is 0 Å². The van der Waals surface area contributed by atoms with Crippen LogP contribution in [-0.4, -0.2) is 6.04 Å². The summed E-state index contributed by atoms with van der Waals surface area (Å²) in [6.07, 6.45) is 5.94. The minimum absolute atomic E-state index is 0.343. The lowest BCUT2D eigenvalue weighted by Crippen LogP contribution is -2.24. The summed E-state index contributed by atoms with van der Waals surface area (Å²) in [5, 5.41) is 3.28. The molecule has 1 aromatic heterocycles. The van der Waals surface area contributed by atoms with E-state index in [0.29, 0.717) is 6.04 Å². The van der Waals surface area contributed by atoms with Gasteiger partial charge in [-0.1, -0.05) is 0 Å². The van der Waals surface area contributed by atoms with Gasteiger partial charge in [0, 0.05) is 12.5 Å². The van der Waals surface area contributed by atoms with Crippen LogP contribution in [0.25, 0.3) is 0 Å². The average molecular weight is 177 g/mol. The van der Waals surface area contributed by atoms with Crippen molar-refractivity contribution in [3.05, 3.63) is 23.7 Å². The van der Waals surface area contributed by atoms with Gasteiger partial charge in [0.2, 0.25) is 0 Å². The zero-order valence-corrected chi connectivity index (χ0v) is 8.13. The minimum Gasteiger partial charge on any atom is -0.465 e. The first-order chi connectivity index (χ1) is 6.22. The van der Waals surface area contributed by atoms with Crippen LogP contribution in [0.4, 0.5) is 0 Å². The third kappa shape index (κ3) is 3.35. The summed E-state index contributed by atoms with van der Waals surface area (Å²) in [4.78, 5) is 0. The first kappa shape index (κ1) is 9.88. The van der Waals surface area contributed by atoms with Crippen LogP contribution in [0.1, 0.15) is 24.9 Å². The molecule has 0 spiro atoms. The van der Waals surface area contributed by atoms with E-state index in [2.05, 4.69) is 18.2 Å². The predicted octanol–water partition coefficient (Wildman–Crippen LogP) is 2.09. The highest BCUT2D eigenvalue weighted by molar-refractivity contribution is 5.05. The van der Waals surface area contributed by atoms with Crippen molar-refractivity contribution in [1.29, 1.82) is 0 Å². The Kier molecular flexibility index (Phi) is 3.60. The molecule has 1 rings (SSSR count). The van der Waals surface area contributed by atoms with Crippen molar-refractivity contribution >= 4 is 0 Å². The highest BCUT2D eigenvalue weighted by atomic mass is 16.3. The average Bonchev–Trinajstić information content (AvgIpc) is 2.49. The molecule has 0 saturated heterocycles. The highest BCUT2D eigenvalue weighted by Crippen LogP contribution is 2.05. The summed E-state index contributed by atoms with van der Waals surface area (Å²) < 4.78 is 5.40. The molecule has 0 radical (unpaired) electrons. The predicted molar refractivity (Wildman–Crippen MR) is 53.2 cm³/mol. The third-order valence-corrected chi connectivity index (χ3v) is 1.84. The van der Waals surface area contributed by atoms with Gasteiger partial charge in [0.05, 0.1) is 6.54 Å². The maximum absolute atomic E-state index is 5.40. The SMILES string of the molecule is C#CCC(C)NCc1ccc(C)o1. The Labute approximate surface area is 79.3 Å². The minimum atomic E-state index is 0.343. The Hall–Kier alpha value is -1.20. The Bertz CT molecular complexity index is 295. The monoisotopic (exact) mass is 177 g/mol. The normalized spacial score (nSPS) is 12.4. The zero-order chi connectivity index (χ0) is 9.68. The second-order valence-corrected chi connectivity index (χ2v) is 3.20. The fourth-order valence-corrected chi connectivity index (χ4v) is 1.10. The van der Waals surface area contributed by atoms with Gasteiger partial charge in [0.25, 0.3) is 0 Å². The quantitative estimate of drug-likeness (QED) is 0.712. The number of aryl methyl sites for hydroxylation is 1. The van der Waals surface area contributed by atoms with E-state index >= 15 is 0 Å². The fraction of sp³-hybridized carbons (Fsp3) is 0.455. The van der Waals surface area contributed by atoms with Crippen LogP contribution in [0.3, 0.4) is 0 Å². The van der Waals surface area contributed by atoms with Crippen LogP contribution in [0.15, 0.2) is 16.5 Å². The van der Waals surface area contributed by atoms with Gasteiger partial charge in [-0.15, -0.1) is 12.3 Å². The number of hydrogen-bond donors (Lipinski definition) is 1. The molecule has 70 valence electrons. The molecule has 0 fully saturated rings. The van der Waals surface area contributed by atoms with Gasteiger partial charge in [-0.25, -0.2) is 0 Å². The first-order valence-corrected chi connectivity index (χ1v) is 4.44. The maximum atomic E-state index is 5.40. The van der Waals surface area contributed by atoms with Gasteiger partial charge in [-0.2, -0.15) is 0 Å². The molecule has 1 atom stereocenters. The van der Waals surface area contributed by atoms with Crippen LogP contribution in [-0.2, 0) is 6.54 Å². The molecular formula is C11H15NO. The largest absolute Gasteiger partial charge is 0.465 e. The number of terminal acetylenes is 1. The number of furan rings is 1. The van der Waals surface area contributed by atoms with Gasteiger partial charge in [0.15, 0.2) is 0 Å². The lowest BCUT2D eigenvalue weighted by molar-refractivity contribution is 0.442. The van der Waals surface area contributed by atoms with E-state index in [1.165, 1.54) is 0 Å². The molecule has 1 aromatic rings. The molecule has 0 bridgehead atoms. The molecule has 0 aliphatic rings. The Balaban J connectivity index is 2.31. The topological polar surface area (TPSA) is 25.2 Å². The molecule has 0 aliphatic carbocycles. The smallest absolute Gasteiger partial charge is 0.117 e. The summed E-state index contributed by atoms with van der Waals surface area (Å²) in [5.74, 6) is 4.52. The number of hydrogen-bond acceptors (Lipinski definition) is 2. The summed E-state index contributed by atoms with van der Waals surface area (Å²) in [6.45, 7) is 4.75. The van der Waals surface area contributed by atoms with Gasteiger partial charge >= 0.3 is 0 Å². The molecule has 2 heteroatoms. The standard InChI is InChI=1S/C11H15NO/c1-4-5-9(2)12-8-11-7-6-10(3)13-11/h1,6-7,9,12H,5,8H2,2-3H3. The second kappa shape index (κ2) is 4.74. The van der Waals surface area contributed by atoms with Crippen LogP contribution in [0, 0.1) is 19.3 Å². The summed E-state index contributed by atoms with van der Waals surface area (Å²) in [5.41, 5.74) is 0. The molecule has 0 amide bonds. The first-order valence-electron chi connectivity index (χ1n) is 4.44. The van der Waals surface area contributed by atoms with E-state index in [1.807, 2.05) is 19.1 Å². The Morgan fingerprint density at radius 2 is 2.38 bits per heavy atom. The molecule has 2 nitrogen and oxygen atoms in total. The van der Waals surface area contributed by atoms with E-state index < -0.39 is 0 Å². The van der Waals surface area contributed by atoms with Gasteiger partial charge in [-0.05, 0) is 26.0 Å². The van der Waals surface area contributed by atoms with Crippen molar-refractivity contribution in [1.82, 2.24) is 5.32 Å². The van der Waals surface area contributed by atoms with E-state index in [0.717, 1.165) is 24.5 Å². The van der Waals surface area contributed by atoms with Crippen molar-refractivity contribution in [3.63, 3.8) is 0 Å². The summed E-state index contributed by atoms with van der Waals surface area (Å²) in [6, 6.07) is 4.28. The lowest BCUT2D eigenvalue weighted by atomic mass is 10.2. The van der Waals surface area contributed by atoms with Crippen molar-refractivity contribution in [2.75, 3.05) is 0 Å². The molecule has 1 heterocycles. The Morgan fingerprint density at radius 3 is 2.92 bits per heavy atom. The second-order valence-electron chi connectivity index (χ2n) is 3.20. The zero-order valence-electron chi connectivity index (χ0n) is 8.13.